The van der Waals surface area contributed by atoms with E-state index in [1.54, 1.807) is 6.20 Å². The van der Waals surface area contributed by atoms with Crippen molar-refractivity contribution in [2.75, 3.05) is 0 Å². The van der Waals surface area contributed by atoms with Crippen LogP contribution in [0.5, 0.6) is 0 Å². The van der Waals surface area contributed by atoms with Crippen molar-refractivity contribution in [3.63, 3.8) is 0 Å². The normalized spacial score (nSPS) is 10.6. The largest absolute Gasteiger partial charge is 1.00 e. The van der Waals surface area contributed by atoms with Crippen molar-refractivity contribution in [3.05, 3.63) is 61.1 Å². The fourth-order valence-corrected chi connectivity index (χ4v) is 2.57. The van der Waals surface area contributed by atoms with Crippen molar-refractivity contribution >= 4 is 21.5 Å². The zero-order valence-corrected chi connectivity index (χ0v) is 13.2. The topological polar surface area (TPSA) is 41.6 Å². The van der Waals surface area contributed by atoms with Crippen molar-refractivity contribution in [1.29, 1.82) is 0 Å². The molecule has 0 saturated heterocycles. The number of nitrogens with zero attached hydrogens (tertiary/aromatic N) is 2. The molecule has 4 aromatic rings. The van der Waals surface area contributed by atoms with Crippen molar-refractivity contribution in [3.8, 4) is 11.3 Å². The Morgan fingerprint density at radius 1 is 0.900 bits per heavy atom. The number of pyridine rings is 1. The molecule has 2 aromatic carbocycles. The molecule has 0 bridgehead atoms. The first kappa shape index (κ1) is 13.3. The molecule has 1 N–H and O–H groups in total. The summed E-state index contributed by atoms with van der Waals surface area (Å²) >= 11 is 0. The maximum Gasteiger partial charge on any atom is 1.00 e. The van der Waals surface area contributed by atoms with Gasteiger partial charge in [-0.05, 0) is 34.4 Å². The number of rotatable bonds is 1. The zero-order chi connectivity index (χ0) is 12.7. The van der Waals surface area contributed by atoms with Crippen LogP contribution in [0.25, 0.3) is 32.8 Å². The van der Waals surface area contributed by atoms with E-state index in [-0.39, 0.29) is 31.0 Å². The summed E-state index contributed by atoms with van der Waals surface area (Å²) in [5.41, 5.74) is 2.19. The Bertz CT molecular complexity index is 875. The molecule has 0 radical (unpaired) electrons. The average Bonchev–Trinajstić information content (AvgIpc) is 3.00. The molecule has 0 fully saturated rings. The number of aromatic amines is 1. The minimum atomic E-state index is 0. The number of hydrogen-bond acceptors (Lipinski definition) is 2. The predicted octanol–water partition coefficient (Wildman–Crippen LogP) is 0.895. The average molecular weight is 269 g/mol. The zero-order valence-electron chi connectivity index (χ0n) is 12.2. The second-order valence-corrected chi connectivity index (χ2v) is 4.54. The van der Waals surface area contributed by atoms with Crippen LogP contribution in [0.4, 0.5) is 0 Å². The summed E-state index contributed by atoms with van der Waals surface area (Å²) < 4.78 is 0. The van der Waals surface area contributed by atoms with Gasteiger partial charge < -0.3 is 1.43 Å². The van der Waals surface area contributed by atoms with E-state index in [0.29, 0.717) is 0 Å². The Morgan fingerprint density at radius 3 is 2.65 bits per heavy atom. The summed E-state index contributed by atoms with van der Waals surface area (Å²) in [6.45, 7) is 0. The van der Waals surface area contributed by atoms with Crippen LogP contribution in [-0.4, -0.2) is 15.2 Å². The molecule has 0 aliphatic heterocycles. The number of benzene rings is 2. The number of aromatic nitrogens is 3. The van der Waals surface area contributed by atoms with Gasteiger partial charge in [0.1, 0.15) is 0 Å². The van der Waals surface area contributed by atoms with Gasteiger partial charge in [-0.15, -0.1) is 0 Å². The van der Waals surface area contributed by atoms with E-state index in [1.165, 1.54) is 21.5 Å². The maximum atomic E-state index is 4.26. The van der Waals surface area contributed by atoms with Gasteiger partial charge in [-0.25, -0.2) is 0 Å². The molecule has 4 rings (SSSR count). The summed E-state index contributed by atoms with van der Waals surface area (Å²) in [5, 5.41) is 11.9. The number of fused-ring (bicyclic) bond motifs is 3. The standard InChI is InChI=1S/C16H11N3.Na.H/c1-2-4-12-11(3-1)9-14(16-6-8-18-19-16)13-5-7-17-10-15(12)13;;/h1-10H,(H,18,19);;/q;+1;-1. The van der Waals surface area contributed by atoms with E-state index in [4.69, 9.17) is 0 Å². The van der Waals surface area contributed by atoms with Crippen LogP contribution in [0.2, 0.25) is 0 Å². The summed E-state index contributed by atoms with van der Waals surface area (Å²) in [6, 6.07) is 14.6. The predicted molar refractivity (Wildman–Crippen MR) is 77.9 cm³/mol. The molecular formula is C16H12N3Na. The third-order valence-corrected chi connectivity index (χ3v) is 3.45. The van der Waals surface area contributed by atoms with Crippen LogP contribution in [0.1, 0.15) is 1.43 Å². The van der Waals surface area contributed by atoms with Gasteiger partial charge in [0.05, 0.1) is 5.69 Å². The number of H-pyrrole nitrogens is 1. The van der Waals surface area contributed by atoms with Crippen LogP contribution < -0.4 is 29.6 Å². The molecule has 0 atom stereocenters. The molecule has 0 saturated carbocycles. The second-order valence-electron chi connectivity index (χ2n) is 4.54. The van der Waals surface area contributed by atoms with Gasteiger partial charge in [0.15, 0.2) is 0 Å². The van der Waals surface area contributed by atoms with Gasteiger partial charge in [0, 0.05) is 29.5 Å². The second kappa shape index (κ2) is 5.37. The summed E-state index contributed by atoms with van der Waals surface area (Å²) in [5.74, 6) is 0. The molecule has 20 heavy (non-hydrogen) atoms. The van der Waals surface area contributed by atoms with Gasteiger partial charge in [0.2, 0.25) is 0 Å². The van der Waals surface area contributed by atoms with Crippen molar-refractivity contribution < 1.29 is 31.0 Å². The maximum absolute atomic E-state index is 4.26. The molecule has 0 aliphatic rings. The summed E-state index contributed by atoms with van der Waals surface area (Å²) in [6.07, 6.45) is 5.53. The van der Waals surface area contributed by atoms with E-state index >= 15 is 0 Å². The quantitative estimate of drug-likeness (QED) is 0.412. The molecule has 0 unspecified atom stereocenters. The molecule has 0 amide bonds. The van der Waals surface area contributed by atoms with Gasteiger partial charge in [0.25, 0.3) is 0 Å². The fourth-order valence-electron chi connectivity index (χ4n) is 2.57. The van der Waals surface area contributed by atoms with E-state index in [9.17, 15) is 0 Å². The number of hydrogen-bond donors (Lipinski definition) is 1. The Labute approximate surface area is 139 Å². The van der Waals surface area contributed by atoms with E-state index < -0.39 is 0 Å². The van der Waals surface area contributed by atoms with Crippen LogP contribution in [0.3, 0.4) is 0 Å². The third kappa shape index (κ3) is 2.04. The Balaban J connectivity index is 0.000000807. The first-order valence-corrected chi connectivity index (χ1v) is 6.19. The van der Waals surface area contributed by atoms with Gasteiger partial charge in [-0.3, -0.25) is 10.1 Å². The monoisotopic (exact) mass is 269 g/mol. The van der Waals surface area contributed by atoms with Crippen LogP contribution >= 0.6 is 0 Å². The molecule has 2 heterocycles. The summed E-state index contributed by atoms with van der Waals surface area (Å²) in [7, 11) is 0. The van der Waals surface area contributed by atoms with Crippen LogP contribution in [0, 0.1) is 0 Å². The molecule has 92 valence electrons. The van der Waals surface area contributed by atoms with Crippen molar-refractivity contribution in [1.82, 2.24) is 15.2 Å². The third-order valence-electron chi connectivity index (χ3n) is 3.45. The van der Waals surface area contributed by atoms with Gasteiger partial charge in [-0.1, -0.05) is 24.3 Å². The van der Waals surface area contributed by atoms with Crippen molar-refractivity contribution in [2.45, 2.75) is 0 Å². The minimum absolute atomic E-state index is 0. The fraction of sp³-hybridized carbons (Fsp3) is 0. The smallest absolute Gasteiger partial charge is 1.00 e. The first-order chi connectivity index (χ1) is 9.43. The molecular weight excluding hydrogens is 257 g/mol. The van der Waals surface area contributed by atoms with Crippen molar-refractivity contribution in [2.24, 2.45) is 0 Å². The molecule has 3 nitrogen and oxygen atoms in total. The van der Waals surface area contributed by atoms with Gasteiger partial charge in [-0.2, -0.15) is 5.10 Å². The Hall–Kier alpha value is -1.68. The molecule has 4 heteroatoms. The van der Waals surface area contributed by atoms with E-state index in [1.807, 2.05) is 18.5 Å². The summed E-state index contributed by atoms with van der Waals surface area (Å²) in [4.78, 5) is 4.26. The molecule has 0 aliphatic carbocycles. The molecule has 0 spiro atoms. The Kier molecular flexibility index (Phi) is 3.57. The minimum Gasteiger partial charge on any atom is -1.00 e. The SMILES string of the molecule is [H-].[Na+].c1ccc2c(c1)cc(-c1ccn[nH]1)c1ccncc12. The van der Waals surface area contributed by atoms with E-state index in [2.05, 4.69) is 51.6 Å². The van der Waals surface area contributed by atoms with Gasteiger partial charge >= 0.3 is 29.6 Å². The van der Waals surface area contributed by atoms with Crippen LogP contribution in [-0.2, 0) is 0 Å². The van der Waals surface area contributed by atoms with E-state index in [0.717, 1.165) is 11.3 Å². The van der Waals surface area contributed by atoms with Crippen LogP contribution in [0.15, 0.2) is 61.1 Å². The molecule has 2 aromatic heterocycles. The Morgan fingerprint density at radius 2 is 1.80 bits per heavy atom. The first-order valence-electron chi connectivity index (χ1n) is 6.19. The number of nitrogens with one attached hydrogen (secondary N) is 1.